The van der Waals surface area contributed by atoms with E-state index in [4.69, 9.17) is 11.6 Å². The Morgan fingerprint density at radius 2 is 2.15 bits per heavy atom. The zero-order chi connectivity index (χ0) is 14.1. The summed E-state index contributed by atoms with van der Waals surface area (Å²) in [7, 11) is 0. The Balaban J connectivity index is 1.98. The van der Waals surface area contributed by atoms with E-state index in [1.54, 1.807) is 12.3 Å². The Labute approximate surface area is 130 Å². The van der Waals surface area contributed by atoms with E-state index >= 15 is 0 Å². The van der Waals surface area contributed by atoms with Gasteiger partial charge in [0.1, 0.15) is 10.9 Å². The third kappa shape index (κ3) is 2.86. The summed E-state index contributed by atoms with van der Waals surface area (Å²) in [5.74, 6) is 0.215. The average molecular weight is 352 g/mol. The van der Waals surface area contributed by atoms with Crippen LogP contribution >= 0.6 is 27.5 Å². The molecule has 0 saturated heterocycles. The van der Waals surface area contributed by atoms with Crippen molar-refractivity contribution in [2.75, 3.05) is 5.32 Å². The van der Waals surface area contributed by atoms with E-state index in [0.717, 1.165) is 21.3 Å². The summed E-state index contributed by atoms with van der Waals surface area (Å²) in [4.78, 5) is 16.1. The zero-order valence-electron chi connectivity index (χ0n) is 10.6. The van der Waals surface area contributed by atoms with Gasteiger partial charge in [-0.25, -0.2) is 4.98 Å². The highest BCUT2D eigenvalue weighted by Crippen LogP contribution is 2.32. The third-order valence-electron chi connectivity index (χ3n) is 3.37. The number of fused-ring (bicyclic) bond motifs is 1. The minimum absolute atomic E-state index is 0.0644. The fourth-order valence-electron chi connectivity index (χ4n) is 2.44. The summed E-state index contributed by atoms with van der Waals surface area (Å²) in [6.07, 6.45) is 2.57. The third-order valence-corrected chi connectivity index (χ3v) is 4.07. The monoisotopic (exact) mass is 350 g/mol. The molecule has 1 atom stereocenters. The van der Waals surface area contributed by atoms with E-state index < -0.39 is 0 Å². The van der Waals surface area contributed by atoms with Crippen LogP contribution in [0.2, 0.25) is 5.15 Å². The van der Waals surface area contributed by atoms with Crippen molar-refractivity contribution in [2.24, 2.45) is 0 Å². The molecule has 2 aromatic rings. The van der Waals surface area contributed by atoms with Crippen LogP contribution in [0.4, 0.5) is 5.69 Å². The lowest BCUT2D eigenvalue weighted by Gasteiger charge is -2.18. The molecule has 0 aliphatic carbocycles. The number of Topliss-reactive ketones (excluding diaryl/α,β-unsaturated/α-hetero) is 1. The number of ketones is 1. The summed E-state index contributed by atoms with van der Waals surface area (Å²) < 4.78 is 0.983. The van der Waals surface area contributed by atoms with Gasteiger partial charge in [-0.05, 0) is 41.5 Å². The maximum atomic E-state index is 12.1. The van der Waals surface area contributed by atoms with Gasteiger partial charge in [-0.2, -0.15) is 0 Å². The van der Waals surface area contributed by atoms with E-state index in [1.165, 1.54) is 0 Å². The molecule has 0 fully saturated rings. The summed E-state index contributed by atoms with van der Waals surface area (Å²) in [6.45, 7) is 0. The van der Waals surface area contributed by atoms with Crippen LogP contribution in [0.3, 0.4) is 0 Å². The van der Waals surface area contributed by atoms with E-state index in [9.17, 15) is 4.79 Å². The molecular formula is C15H12BrClN2O. The maximum Gasteiger partial charge on any atom is 0.139 e. The molecule has 1 aliphatic rings. The normalized spacial score (nSPS) is 18.1. The second-order valence-electron chi connectivity index (χ2n) is 4.83. The van der Waals surface area contributed by atoms with Crippen molar-refractivity contribution >= 4 is 39.0 Å². The molecule has 2 heterocycles. The molecule has 1 unspecified atom stereocenters. The van der Waals surface area contributed by atoms with Gasteiger partial charge in [0.15, 0.2) is 0 Å². The van der Waals surface area contributed by atoms with Gasteiger partial charge in [0.05, 0.1) is 6.04 Å². The molecule has 1 aromatic carbocycles. The minimum atomic E-state index is -0.0644. The van der Waals surface area contributed by atoms with E-state index in [1.807, 2.05) is 24.3 Å². The number of anilines is 1. The Morgan fingerprint density at radius 3 is 2.95 bits per heavy atom. The summed E-state index contributed by atoms with van der Waals surface area (Å²) >= 11 is 9.37. The van der Waals surface area contributed by atoms with Gasteiger partial charge in [-0.3, -0.25) is 4.79 Å². The van der Waals surface area contributed by atoms with Gasteiger partial charge in [0, 0.05) is 29.2 Å². The Bertz CT molecular complexity index is 675. The minimum Gasteiger partial charge on any atom is -0.378 e. The predicted octanol–water partition coefficient (Wildman–Crippen LogP) is 4.17. The SMILES string of the molecule is O=C1Cc2cc(Br)ccc2NC(c2ccnc(Cl)c2)C1. The van der Waals surface area contributed by atoms with Crippen molar-refractivity contribution in [2.45, 2.75) is 18.9 Å². The maximum absolute atomic E-state index is 12.1. The van der Waals surface area contributed by atoms with E-state index in [2.05, 4.69) is 26.2 Å². The molecular weight excluding hydrogens is 340 g/mol. The van der Waals surface area contributed by atoms with Gasteiger partial charge in [-0.15, -0.1) is 0 Å². The number of carbonyl (C=O) groups excluding carboxylic acids is 1. The number of benzene rings is 1. The number of hydrogen-bond acceptors (Lipinski definition) is 3. The molecule has 3 rings (SSSR count). The van der Waals surface area contributed by atoms with E-state index in [-0.39, 0.29) is 11.8 Å². The Morgan fingerprint density at radius 1 is 1.30 bits per heavy atom. The lowest BCUT2D eigenvalue weighted by atomic mass is 10.0. The quantitative estimate of drug-likeness (QED) is 0.784. The van der Waals surface area contributed by atoms with E-state index in [0.29, 0.717) is 18.0 Å². The highest BCUT2D eigenvalue weighted by molar-refractivity contribution is 9.10. The van der Waals surface area contributed by atoms with Crippen molar-refractivity contribution in [3.8, 4) is 0 Å². The number of aromatic nitrogens is 1. The Kier molecular flexibility index (Phi) is 3.76. The molecule has 5 heteroatoms. The first-order valence-electron chi connectivity index (χ1n) is 6.30. The molecule has 3 nitrogen and oxygen atoms in total. The fourth-order valence-corrected chi connectivity index (χ4v) is 3.03. The molecule has 1 aromatic heterocycles. The van der Waals surface area contributed by atoms with Crippen LogP contribution in [-0.4, -0.2) is 10.8 Å². The van der Waals surface area contributed by atoms with Crippen LogP contribution in [0, 0.1) is 0 Å². The van der Waals surface area contributed by atoms with Crippen LogP contribution < -0.4 is 5.32 Å². The van der Waals surface area contributed by atoms with Crippen LogP contribution in [0.15, 0.2) is 41.0 Å². The second kappa shape index (κ2) is 5.54. The summed E-state index contributed by atoms with van der Waals surface area (Å²) in [5, 5.41) is 3.87. The first-order valence-corrected chi connectivity index (χ1v) is 7.47. The average Bonchev–Trinajstić information content (AvgIpc) is 2.56. The van der Waals surface area contributed by atoms with Crippen LogP contribution in [0.1, 0.15) is 23.6 Å². The summed E-state index contributed by atoms with van der Waals surface area (Å²) in [6, 6.07) is 9.58. The van der Waals surface area contributed by atoms with Crippen molar-refractivity contribution < 1.29 is 4.79 Å². The highest BCUT2D eigenvalue weighted by Gasteiger charge is 2.22. The Hall–Kier alpha value is -1.39. The number of carbonyl (C=O) groups is 1. The number of nitrogens with one attached hydrogen (secondary N) is 1. The van der Waals surface area contributed by atoms with Crippen LogP contribution in [0.25, 0.3) is 0 Å². The molecule has 0 radical (unpaired) electrons. The highest BCUT2D eigenvalue weighted by atomic mass is 79.9. The molecule has 0 spiro atoms. The predicted molar refractivity (Wildman–Crippen MR) is 83.1 cm³/mol. The molecule has 0 amide bonds. The molecule has 1 aliphatic heterocycles. The first-order chi connectivity index (χ1) is 9.61. The number of rotatable bonds is 1. The van der Waals surface area contributed by atoms with Crippen molar-refractivity contribution in [3.63, 3.8) is 0 Å². The van der Waals surface area contributed by atoms with Gasteiger partial charge in [0.25, 0.3) is 0 Å². The lowest BCUT2D eigenvalue weighted by molar-refractivity contribution is -0.118. The molecule has 20 heavy (non-hydrogen) atoms. The number of pyridine rings is 1. The number of nitrogens with zero attached hydrogens (tertiary/aromatic N) is 1. The van der Waals surface area contributed by atoms with Crippen LogP contribution in [0.5, 0.6) is 0 Å². The van der Waals surface area contributed by atoms with Gasteiger partial charge >= 0.3 is 0 Å². The van der Waals surface area contributed by atoms with Crippen LogP contribution in [-0.2, 0) is 11.2 Å². The molecule has 1 N–H and O–H groups in total. The van der Waals surface area contributed by atoms with Gasteiger partial charge in [-0.1, -0.05) is 27.5 Å². The smallest absolute Gasteiger partial charge is 0.139 e. The zero-order valence-corrected chi connectivity index (χ0v) is 12.9. The van der Waals surface area contributed by atoms with Gasteiger partial charge in [0.2, 0.25) is 0 Å². The largest absolute Gasteiger partial charge is 0.378 e. The van der Waals surface area contributed by atoms with Crippen molar-refractivity contribution in [1.29, 1.82) is 0 Å². The fraction of sp³-hybridized carbons (Fsp3) is 0.200. The lowest BCUT2D eigenvalue weighted by Crippen LogP contribution is -2.13. The van der Waals surface area contributed by atoms with Crippen molar-refractivity contribution in [3.05, 3.63) is 57.3 Å². The number of halogens is 2. The first kappa shape index (κ1) is 13.6. The topological polar surface area (TPSA) is 42.0 Å². The summed E-state index contributed by atoms with van der Waals surface area (Å²) in [5.41, 5.74) is 3.00. The second-order valence-corrected chi connectivity index (χ2v) is 6.13. The standard InChI is InChI=1S/C15H12BrClN2O/c16-11-1-2-13-10(5-11)6-12(20)8-14(19-13)9-3-4-18-15(17)7-9/h1-5,7,14,19H,6,8H2. The molecule has 0 saturated carbocycles. The van der Waals surface area contributed by atoms with Crippen molar-refractivity contribution in [1.82, 2.24) is 4.98 Å². The van der Waals surface area contributed by atoms with Gasteiger partial charge < -0.3 is 5.32 Å². The molecule has 0 bridgehead atoms. The molecule has 102 valence electrons. The number of hydrogen-bond donors (Lipinski definition) is 1.